The Morgan fingerprint density at radius 2 is 1.84 bits per heavy atom. The average Bonchev–Trinajstić information content (AvgIpc) is 2.69. The topological polar surface area (TPSA) is 47.3 Å². The first kappa shape index (κ1) is 13.6. The summed E-state index contributed by atoms with van der Waals surface area (Å²) in [5.74, 6) is 0.814. The number of aliphatic hydroxyl groups excluding tert-OH is 1. The number of ether oxygens (including phenoxy) is 1. The molecule has 0 radical (unpaired) electrons. The highest BCUT2D eigenvalue weighted by atomic mass is 16.5. The molecule has 0 aliphatic heterocycles. The zero-order valence-electron chi connectivity index (χ0n) is 11.8. The largest absolute Gasteiger partial charge is 0.491 e. The predicted molar refractivity (Wildman–Crippen MR) is 74.2 cm³/mol. The molecule has 2 aromatic rings. The van der Waals surface area contributed by atoms with Gasteiger partial charge in [0.15, 0.2) is 0 Å². The standard InChI is InChI=1S/C15H20N2O2/c1-10(2)19-13-7-5-12(6-8-13)15(18)14-9-16-17(4)11(14)3/h5-10,15,18H,1-4H3. The maximum Gasteiger partial charge on any atom is 0.119 e. The Kier molecular flexibility index (Phi) is 3.90. The maximum absolute atomic E-state index is 10.4. The monoisotopic (exact) mass is 260 g/mol. The molecular formula is C15H20N2O2. The van der Waals surface area contributed by atoms with Crippen molar-refractivity contribution in [2.24, 2.45) is 7.05 Å². The molecule has 1 N–H and O–H groups in total. The van der Waals surface area contributed by atoms with Crippen LogP contribution in [0.5, 0.6) is 5.75 Å². The van der Waals surface area contributed by atoms with Crippen LogP contribution in [0.1, 0.15) is 36.8 Å². The van der Waals surface area contributed by atoms with Crippen LogP contribution in [-0.4, -0.2) is 21.0 Å². The van der Waals surface area contributed by atoms with Gasteiger partial charge in [-0.25, -0.2) is 0 Å². The van der Waals surface area contributed by atoms with Crippen LogP contribution in [0, 0.1) is 6.92 Å². The van der Waals surface area contributed by atoms with Crippen molar-refractivity contribution in [3.63, 3.8) is 0 Å². The van der Waals surface area contributed by atoms with Gasteiger partial charge in [-0.3, -0.25) is 4.68 Å². The minimum absolute atomic E-state index is 0.149. The van der Waals surface area contributed by atoms with Crippen LogP contribution in [0.2, 0.25) is 0 Å². The van der Waals surface area contributed by atoms with E-state index in [1.54, 1.807) is 10.9 Å². The Morgan fingerprint density at radius 1 is 1.21 bits per heavy atom. The number of aryl methyl sites for hydroxylation is 1. The molecule has 1 atom stereocenters. The Balaban J connectivity index is 2.20. The van der Waals surface area contributed by atoms with Crippen LogP contribution < -0.4 is 4.74 Å². The number of aromatic nitrogens is 2. The Labute approximate surface area is 113 Å². The zero-order chi connectivity index (χ0) is 14.0. The zero-order valence-corrected chi connectivity index (χ0v) is 11.8. The van der Waals surface area contributed by atoms with Crippen molar-refractivity contribution in [3.8, 4) is 5.75 Å². The molecule has 102 valence electrons. The highest BCUT2D eigenvalue weighted by molar-refractivity contribution is 5.34. The van der Waals surface area contributed by atoms with Crippen molar-refractivity contribution in [1.82, 2.24) is 9.78 Å². The summed E-state index contributed by atoms with van der Waals surface area (Å²) in [6.45, 7) is 5.92. The molecule has 0 fully saturated rings. The molecule has 1 heterocycles. The molecule has 0 amide bonds. The van der Waals surface area contributed by atoms with E-state index in [2.05, 4.69) is 5.10 Å². The minimum atomic E-state index is -0.651. The van der Waals surface area contributed by atoms with E-state index in [0.717, 1.165) is 22.6 Å². The van der Waals surface area contributed by atoms with E-state index in [1.165, 1.54) is 0 Å². The van der Waals surface area contributed by atoms with E-state index in [1.807, 2.05) is 52.1 Å². The van der Waals surface area contributed by atoms with E-state index in [4.69, 9.17) is 4.74 Å². The highest BCUT2D eigenvalue weighted by Gasteiger charge is 2.15. The van der Waals surface area contributed by atoms with Gasteiger partial charge in [-0.15, -0.1) is 0 Å². The third kappa shape index (κ3) is 2.96. The van der Waals surface area contributed by atoms with E-state index in [0.29, 0.717) is 0 Å². The number of aliphatic hydroxyl groups is 1. The molecule has 4 nitrogen and oxygen atoms in total. The quantitative estimate of drug-likeness (QED) is 0.919. The van der Waals surface area contributed by atoms with Gasteiger partial charge in [0.05, 0.1) is 12.3 Å². The van der Waals surface area contributed by atoms with E-state index in [9.17, 15) is 5.11 Å². The van der Waals surface area contributed by atoms with Gasteiger partial charge in [-0.2, -0.15) is 5.10 Å². The first-order chi connectivity index (χ1) is 8.99. The second-order valence-electron chi connectivity index (χ2n) is 4.95. The Hall–Kier alpha value is -1.81. The molecule has 0 saturated heterocycles. The predicted octanol–water partition coefficient (Wildman–Crippen LogP) is 2.60. The van der Waals surface area contributed by atoms with Crippen LogP contribution in [0.25, 0.3) is 0 Å². The number of hydrogen-bond acceptors (Lipinski definition) is 3. The van der Waals surface area contributed by atoms with E-state index < -0.39 is 6.10 Å². The number of hydrogen-bond donors (Lipinski definition) is 1. The molecule has 0 bridgehead atoms. The molecule has 1 unspecified atom stereocenters. The second-order valence-corrected chi connectivity index (χ2v) is 4.95. The van der Waals surface area contributed by atoms with Crippen LogP contribution >= 0.6 is 0 Å². The summed E-state index contributed by atoms with van der Waals surface area (Å²) < 4.78 is 7.34. The average molecular weight is 260 g/mol. The Bertz CT molecular complexity index is 544. The van der Waals surface area contributed by atoms with Crippen molar-refractivity contribution in [3.05, 3.63) is 47.3 Å². The van der Waals surface area contributed by atoms with Gasteiger partial charge >= 0.3 is 0 Å². The summed E-state index contributed by atoms with van der Waals surface area (Å²) in [7, 11) is 1.87. The molecule has 2 rings (SSSR count). The van der Waals surface area contributed by atoms with Gasteiger partial charge in [0.25, 0.3) is 0 Å². The second kappa shape index (κ2) is 5.45. The highest BCUT2D eigenvalue weighted by Crippen LogP contribution is 2.26. The summed E-state index contributed by atoms with van der Waals surface area (Å²) >= 11 is 0. The van der Waals surface area contributed by atoms with Gasteiger partial charge in [0, 0.05) is 18.3 Å². The summed E-state index contributed by atoms with van der Waals surface area (Å²) in [5, 5.41) is 14.5. The van der Waals surface area contributed by atoms with Gasteiger partial charge in [0.1, 0.15) is 11.9 Å². The lowest BCUT2D eigenvalue weighted by Gasteiger charge is -2.13. The molecule has 0 aliphatic rings. The molecule has 0 spiro atoms. The van der Waals surface area contributed by atoms with Gasteiger partial charge in [-0.1, -0.05) is 12.1 Å². The smallest absolute Gasteiger partial charge is 0.119 e. The first-order valence-corrected chi connectivity index (χ1v) is 6.42. The van der Waals surface area contributed by atoms with Crippen molar-refractivity contribution in [1.29, 1.82) is 0 Å². The fraction of sp³-hybridized carbons (Fsp3) is 0.400. The molecule has 4 heteroatoms. The summed E-state index contributed by atoms with van der Waals surface area (Å²) in [6, 6.07) is 7.53. The minimum Gasteiger partial charge on any atom is -0.491 e. The molecule has 19 heavy (non-hydrogen) atoms. The van der Waals surface area contributed by atoms with Gasteiger partial charge in [0.2, 0.25) is 0 Å². The fourth-order valence-electron chi connectivity index (χ4n) is 1.96. The fourth-order valence-corrected chi connectivity index (χ4v) is 1.96. The Morgan fingerprint density at radius 3 is 2.32 bits per heavy atom. The van der Waals surface area contributed by atoms with Crippen LogP contribution in [0.15, 0.2) is 30.5 Å². The van der Waals surface area contributed by atoms with Crippen molar-refractivity contribution in [2.45, 2.75) is 33.0 Å². The normalized spacial score (nSPS) is 12.7. The molecule has 1 aromatic carbocycles. The van der Waals surface area contributed by atoms with Gasteiger partial charge < -0.3 is 9.84 Å². The molecular weight excluding hydrogens is 240 g/mol. The van der Waals surface area contributed by atoms with Crippen LogP contribution in [0.4, 0.5) is 0 Å². The molecule has 1 aromatic heterocycles. The van der Waals surface area contributed by atoms with Crippen molar-refractivity contribution >= 4 is 0 Å². The van der Waals surface area contributed by atoms with E-state index in [-0.39, 0.29) is 6.10 Å². The van der Waals surface area contributed by atoms with Crippen LogP contribution in [-0.2, 0) is 7.05 Å². The lowest BCUT2D eigenvalue weighted by atomic mass is 10.0. The third-order valence-corrected chi connectivity index (χ3v) is 3.14. The lowest BCUT2D eigenvalue weighted by molar-refractivity contribution is 0.218. The number of rotatable bonds is 4. The van der Waals surface area contributed by atoms with Crippen molar-refractivity contribution in [2.75, 3.05) is 0 Å². The van der Waals surface area contributed by atoms with Crippen molar-refractivity contribution < 1.29 is 9.84 Å². The lowest BCUT2D eigenvalue weighted by Crippen LogP contribution is -2.06. The summed E-state index contributed by atoms with van der Waals surface area (Å²) in [5.41, 5.74) is 2.64. The maximum atomic E-state index is 10.4. The third-order valence-electron chi connectivity index (χ3n) is 3.14. The SMILES string of the molecule is Cc1c(C(O)c2ccc(OC(C)C)cc2)cnn1C. The first-order valence-electron chi connectivity index (χ1n) is 6.42. The van der Waals surface area contributed by atoms with Crippen LogP contribution in [0.3, 0.4) is 0 Å². The number of nitrogens with zero attached hydrogens (tertiary/aromatic N) is 2. The van der Waals surface area contributed by atoms with E-state index >= 15 is 0 Å². The summed E-state index contributed by atoms with van der Waals surface area (Å²) in [4.78, 5) is 0. The summed E-state index contributed by atoms with van der Waals surface area (Å²) in [6.07, 6.45) is 1.21. The molecule has 0 aliphatic carbocycles. The number of benzene rings is 1. The van der Waals surface area contributed by atoms with Gasteiger partial charge in [-0.05, 0) is 38.5 Å². The molecule has 0 saturated carbocycles.